The van der Waals surface area contributed by atoms with E-state index in [0.717, 1.165) is 10.5 Å². The molecule has 20 heavy (non-hydrogen) atoms. The van der Waals surface area contributed by atoms with E-state index in [9.17, 15) is 9.59 Å². The fourth-order valence-electron chi connectivity index (χ4n) is 2.42. The molecule has 1 unspecified atom stereocenters. The molecule has 3 rings (SSSR count). The van der Waals surface area contributed by atoms with Crippen molar-refractivity contribution >= 4 is 17.7 Å². The van der Waals surface area contributed by atoms with Crippen molar-refractivity contribution in [3.8, 4) is 11.3 Å². The molecule has 1 aromatic heterocycles. The molecule has 0 fully saturated rings. The van der Waals surface area contributed by atoms with Gasteiger partial charge in [0.15, 0.2) is 5.43 Å². The van der Waals surface area contributed by atoms with E-state index in [1.807, 2.05) is 31.2 Å². The molecule has 2 aromatic rings. The van der Waals surface area contributed by atoms with Gasteiger partial charge < -0.3 is 9.52 Å². The Hall–Kier alpha value is -2.01. The van der Waals surface area contributed by atoms with Gasteiger partial charge in [-0.05, 0) is 19.9 Å². The number of thioether (sulfide) groups is 1. The standard InChI is InChI=1S/C15H12O4S/c1-7-12(16)11-8(2)20-10-6-4-3-5-9(10)14(11)19-13(7)15(17)18/h3-6,8H,1-2H3,(H,17,18). The minimum atomic E-state index is -1.22. The number of aromatic carboxylic acids is 1. The van der Waals surface area contributed by atoms with E-state index in [1.165, 1.54) is 6.92 Å². The summed E-state index contributed by atoms with van der Waals surface area (Å²) in [5.41, 5.74) is 1.25. The fourth-order valence-corrected chi connectivity index (χ4v) is 3.58. The second-order valence-corrected chi connectivity index (χ2v) is 6.07. The average Bonchev–Trinajstić information content (AvgIpc) is 2.41. The summed E-state index contributed by atoms with van der Waals surface area (Å²) in [7, 11) is 0. The summed E-state index contributed by atoms with van der Waals surface area (Å²) in [6.45, 7) is 3.42. The molecule has 1 aromatic carbocycles. The van der Waals surface area contributed by atoms with Crippen molar-refractivity contribution in [3.63, 3.8) is 0 Å². The maximum absolute atomic E-state index is 12.4. The molecule has 0 bridgehead atoms. The van der Waals surface area contributed by atoms with Crippen LogP contribution in [0.15, 0.2) is 38.4 Å². The zero-order valence-corrected chi connectivity index (χ0v) is 11.8. The van der Waals surface area contributed by atoms with Crippen molar-refractivity contribution in [1.29, 1.82) is 0 Å². The highest BCUT2D eigenvalue weighted by atomic mass is 32.2. The highest BCUT2D eigenvalue weighted by molar-refractivity contribution is 7.99. The number of carbonyl (C=O) groups is 1. The first-order valence-corrected chi connectivity index (χ1v) is 7.05. The summed E-state index contributed by atoms with van der Waals surface area (Å²) >= 11 is 1.58. The van der Waals surface area contributed by atoms with Crippen LogP contribution in [0.25, 0.3) is 11.3 Å². The van der Waals surface area contributed by atoms with Crippen molar-refractivity contribution in [1.82, 2.24) is 0 Å². The third kappa shape index (κ3) is 1.78. The summed E-state index contributed by atoms with van der Waals surface area (Å²) in [6.07, 6.45) is 0. The van der Waals surface area contributed by atoms with E-state index in [1.54, 1.807) is 11.8 Å². The Morgan fingerprint density at radius 1 is 1.35 bits per heavy atom. The Balaban J connectivity index is 2.41. The van der Waals surface area contributed by atoms with Crippen molar-refractivity contribution in [2.45, 2.75) is 24.0 Å². The molecule has 0 saturated heterocycles. The number of rotatable bonds is 1. The molecule has 2 heterocycles. The third-order valence-corrected chi connectivity index (χ3v) is 4.61. The van der Waals surface area contributed by atoms with Crippen molar-refractivity contribution < 1.29 is 14.3 Å². The van der Waals surface area contributed by atoms with Crippen molar-refractivity contribution in [2.24, 2.45) is 0 Å². The SMILES string of the molecule is Cc1c(C(=O)O)oc2c(c1=O)C(C)Sc1ccccc1-2. The van der Waals surface area contributed by atoms with Crippen LogP contribution in [-0.4, -0.2) is 11.1 Å². The van der Waals surface area contributed by atoms with Crippen molar-refractivity contribution in [3.05, 3.63) is 51.4 Å². The van der Waals surface area contributed by atoms with E-state index < -0.39 is 5.97 Å². The lowest BCUT2D eigenvalue weighted by atomic mass is 10.0. The Kier molecular flexibility index (Phi) is 2.94. The van der Waals surface area contributed by atoms with E-state index >= 15 is 0 Å². The van der Waals surface area contributed by atoms with Crippen LogP contribution in [0, 0.1) is 6.92 Å². The van der Waals surface area contributed by atoms with Gasteiger partial charge in [-0.2, -0.15) is 0 Å². The zero-order chi connectivity index (χ0) is 14.4. The van der Waals surface area contributed by atoms with E-state index in [-0.39, 0.29) is 22.0 Å². The molecule has 1 aliphatic rings. The summed E-state index contributed by atoms with van der Waals surface area (Å²) in [5.74, 6) is -1.10. The van der Waals surface area contributed by atoms with Crippen LogP contribution in [-0.2, 0) is 0 Å². The highest BCUT2D eigenvalue weighted by Crippen LogP contribution is 2.47. The first-order chi connectivity index (χ1) is 9.50. The Bertz CT molecular complexity index is 776. The number of benzene rings is 1. The molecule has 0 amide bonds. The fraction of sp³-hybridized carbons (Fsp3) is 0.200. The molecule has 1 N–H and O–H groups in total. The zero-order valence-electron chi connectivity index (χ0n) is 11.0. The molecule has 0 spiro atoms. The molecule has 0 radical (unpaired) electrons. The number of hydrogen-bond acceptors (Lipinski definition) is 4. The third-order valence-electron chi connectivity index (χ3n) is 3.41. The maximum Gasteiger partial charge on any atom is 0.372 e. The molecule has 0 saturated carbocycles. The second kappa shape index (κ2) is 4.52. The van der Waals surface area contributed by atoms with Gasteiger partial charge in [-0.3, -0.25) is 4.79 Å². The van der Waals surface area contributed by atoms with Crippen LogP contribution in [0.2, 0.25) is 0 Å². The summed E-state index contributed by atoms with van der Waals surface area (Å²) in [4.78, 5) is 24.6. The molecule has 1 atom stereocenters. The number of fused-ring (bicyclic) bond motifs is 3. The van der Waals surface area contributed by atoms with E-state index in [2.05, 4.69) is 0 Å². The predicted octanol–water partition coefficient (Wildman–Crippen LogP) is 3.48. The normalized spacial score (nSPS) is 16.4. The highest BCUT2D eigenvalue weighted by Gasteiger charge is 2.30. The first-order valence-electron chi connectivity index (χ1n) is 6.17. The molecule has 1 aliphatic heterocycles. The molecule has 4 nitrogen and oxygen atoms in total. The van der Waals surface area contributed by atoms with Crippen LogP contribution >= 0.6 is 11.8 Å². The lowest BCUT2D eigenvalue weighted by Gasteiger charge is -2.23. The minimum Gasteiger partial charge on any atom is -0.475 e. The quantitative estimate of drug-likeness (QED) is 0.870. The smallest absolute Gasteiger partial charge is 0.372 e. The summed E-state index contributed by atoms with van der Waals surface area (Å²) in [6, 6.07) is 7.55. The van der Waals surface area contributed by atoms with Crippen molar-refractivity contribution in [2.75, 3.05) is 0 Å². The lowest BCUT2D eigenvalue weighted by molar-refractivity contribution is 0.0659. The topological polar surface area (TPSA) is 67.5 Å². The largest absolute Gasteiger partial charge is 0.475 e. The molecular formula is C15H12O4S. The van der Waals surface area contributed by atoms with Gasteiger partial charge in [-0.25, -0.2) is 4.79 Å². The van der Waals surface area contributed by atoms with Gasteiger partial charge in [0.1, 0.15) is 5.76 Å². The van der Waals surface area contributed by atoms with Gasteiger partial charge in [0.05, 0.1) is 5.56 Å². The van der Waals surface area contributed by atoms with Crippen LogP contribution in [0.4, 0.5) is 0 Å². The number of carboxylic acids is 1. The second-order valence-electron chi connectivity index (χ2n) is 4.69. The predicted molar refractivity (Wildman–Crippen MR) is 76.4 cm³/mol. The minimum absolute atomic E-state index is 0.0577. The maximum atomic E-state index is 12.4. The first kappa shape index (κ1) is 13.0. The van der Waals surface area contributed by atoms with Crippen LogP contribution in [0.3, 0.4) is 0 Å². The van der Waals surface area contributed by atoms with Gasteiger partial charge in [-0.15, -0.1) is 11.8 Å². The van der Waals surface area contributed by atoms with Gasteiger partial charge in [0.25, 0.3) is 0 Å². The van der Waals surface area contributed by atoms with Crippen LogP contribution in [0.1, 0.15) is 33.9 Å². The molecule has 102 valence electrons. The van der Waals surface area contributed by atoms with Gasteiger partial charge in [-0.1, -0.05) is 18.2 Å². The summed E-state index contributed by atoms with van der Waals surface area (Å²) in [5, 5.41) is 9.11. The Labute approximate surface area is 119 Å². The monoisotopic (exact) mass is 288 g/mol. The molecule has 0 aliphatic carbocycles. The van der Waals surface area contributed by atoms with Gasteiger partial charge in [0.2, 0.25) is 5.76 Å². The van der Waals surface area contributed by atoms with E-state index in [4.69, 9.17) is 9.52 Å². The lowest BCUT2D eigenvalue weighted by Crippen LogP contribution is -2.20. The Morgan fingerprint density at radius 3 is 2.75 bits per heavy atom. The van der Waals surface area contributed by atoms with Crippen LogP contribution < -0.4 is 5.43 Å². The number of carboxylic acid groups (broad SMARTS) is 1. The molecule has 5 heteroatoms. The van der Waals surface area contributed by atoms with Gasteiger partial charge in [0, 0.05) is 21.3 Å². The molecular weight excluding hydrogens is 276 g/mol. The summed E-state index contributed by atoms with van der Waals surface area (Å²) < 4.78 is 5.56. The number of hydrogen-bond donors (Lipinski definition) is 1. The van der Waals surface area contributed by atoms with E-state index in [0.29, 0.717) is 11.3 Å². The average molecular weight is 288 g/mol. The van der Waals surface area contributed by atoms with Crippen LogP contribution in [0.5, 0.6) is 0 Å². The van der Waals surface area contributed by atoms with Gasteiger partial charge >= 0.3 is 5.97 Å². The Morgan fingerprint density at radius 2 is 2.05 bits per heavy atom.